The molecule has 1 fully saturated rings. The molecule has 0 aromatic heterocycles. The van der Waals surface area contributed by atoms with E-state index in [0.717, 1.165) is 37.2 Å². The Balaban J connectivity index is 1.60. The smallest absolute Gasteiger partial charge is 0.257 e. The van der Waals surface area contributed by atoms with Gasteiger partial charge in [0, 0.05) is 29.5 Å². The molecule has 4 rings (SSSR count). The van der Waals surface area contributed by atoms with Crippen molar-refractivity contribution in [1.82, 2.24) is 5.32 Å². The van der Waals surface area contributed by atoms with Gasteiger partial charge in [0.15, 0.2) is 0 Å². The van der Waals surface area contributed by atoms with Crippen molar-refractivity contribution >= 4 is 46.4 Å². The van der Waals surface area contributed by atoms with Crippen LogP contribution in [0.15, 0.2) is 66.7 Å². The molecule has 1 atom stereocenters. The van der Waals surface area contributed by atoms with Gasteiger partial charge < -0.3 is 15.5 Å². The zero-order valence-electron chi connectivity index (χ0n) is 18.3. The summed E-state index contributed by atoms with van der Waals surface area (Å²) in [5, 5.41) is 6.66. The van der Waals surface area contributed by atoms with Crippen molar-refractivity contribution in [3.63, 3.8) is 0 Å². The predicted octanol–water partition coefficient (Wildman–Crippen LogP) is 6.34. The molecule has 3 aromatic rings. The third-order valence-electron chi connectivity index (χ3n) is 5.77. The van der Waals surface area contributed by atoms with Gasteiger partial charge in [-0.05, 0) is 61.7 Å². The highest BCUT2D eigenvalue weighted by molar-refractivity contribution is 6.37. The molecule has 1 aliphatic rings. The average molecular weight is 482 g/mol. The van der Waals surface area contributed by atoms with Crippen molar-refractivity contribution in [1.29, 1.82) is 0 Å². The van der Waals surface area contributed by atoms with Crippen molar-refractivity contribution < 1.29 is 9.59 Å². The Kier molecular flexibility index (Phi) is 7.21. The molecule has 0 bridgehead atoms. The first kappa shape index (κ1) is 23.1. The largest absolute Gasteiger partial charge is 0.371 e. The van der Waals surface area contributed by atoms with Crippen LogP contribution in [-0.4, -0.2) is 24.9 Å². The first-order chi connectivity index (χ1) is 15.9. The van der Waals surface area contributed by atoms with Gasteiger partial charge in [0.05, 0.1) is 22.2 Å². The molecule has 1 aliphatic heterocycles. The van der Waals surface area contributed by atoms with E-state index in [0.29, 0.717) is 21.8 Å². The van der Waals surface area contributed by atoms with Gasteiger partial charge >= 0.3 is 0 Å². The Morgan fingerprint density at radius 2 is 1.61 bits per heavy atom. The monoisotopic (exact) mass is 481 g/mol. The zero-order chi connectivity index (χ0) is 23.4. The summed E-state index contributed by atoms with van der Waals surface area (Å²) in [5.74, 6) is -0.552. The quantitative estimate of drug-likeness (QED) is 0.431. The van der Waals surface area contributed by atoms with Crippen LogP contribution in [0.5, 0.6) is 0 Å². The molecule has 3 aromatic carbocycles. The Bertz CT molecular complexity index is 1160. The number of carbonyl (C=O) groups is 2. The third-order valence-corrected chi connectivity index (χ3v) is 6.32. The normalized spacial score (nSPS) is 14.1. The first-order valence-electron chi connectivity index (χ1n) is 10.9. The topological polar surface area (TPSA) is 61.4 Å². The lowest BCUT2D eigenvalue weighted by molar-refractivity contribution is 0.0939. The van der Waals surface area contributed by atoms with Gasteiger partial charge in [-0.2, -0.15) is 0 Å². The number of anilines is 2. The standard InChI is InChI=1S/C26H25Cl2N3O2/c1-17(18-7-3-2-4-8-18)29-26(33)22-16-20(10-12-24(22)31-13-5-6-14-31)30-25(32)21-11-9-19(27)15-23(21)28/h2-4,7-12,15-17H,5-6,13-14H2,1H3,(H,29,33)(H,30,32). The molecule has 5 nitrogen and oxygen atoms in total. The minimum absolute atomic E-state index is 0.156. The van der Waals surface area contributed by atoms with Crippen LogP contribution in [-0.2, 0) is 0 Å². The Hall–Kier alpha value is -3.02. The van der Waals surface area contributed by atoms with E-state index >= 15 is 0 Å². The van der Waals surface area contributed by atoms with Crippen molar-refractivity contribution in [3.05, 3.63) is 93.5 Å². The van der Waals surface area contributed by atoms with Crippen molar-refractivity contribution in [2.45, 2.75) is 25.8 Å². The molecule has 0 aliphatic carbocycles. The summed E-state index contributed by atoms with van der Waals surface area (Å²) in [6, 6.07) is 19.8. The Morgan fingerprint density at radius 3 is 2.30 bits per heavy atom. The van der Waals surface area contributed by atoms with E-state index in [4.69, 9.17) is 23.2 Å². The minimum atomic E-state index is -0.366. The van der Waals surface area contributed by atoms with E-state index in [1.54, 1.807) is 18.2 Å². The highest BCUT2D eigenvalue weighted by Crippen LogP contribution is 2.29. The first-order valence-corrected chi connectivity index (χ1v) is 11.7. The van der Waals surface area contributed by atoms with E-state index in [9.17, 15) is 9.59 Å². The van der Waals surface area contributed by atoms with Crippen molar-refractivity contribution in [2.75, 3.05) is 23.3 Å². The van der Waals surface area contributed by atoms with Gasteiger partial charge in [-0.1, -0.05) is 53.5 Å². The molecule has 170 valence electrons. The predicted molar refractivity (Wildman–Crippen MR) is 135 cm³/mol. The van der Waals surface area contributed by atoms with Gasteiger partial charge in [0.1, 0.15) is 0 Å². The van der Waals surface area contributed by atoms with E-state index < -0.39 is 0 Å². The molecule has 1 saturated heterocycles. The number of amides is 2. The van der Waals surface area contributed by atoms with Crippen molar-refractivity contribution in [3.8, 4) is 0 Å². The molecular weight excluding hydrogens is 457 g/mol. The van der Waals surface area contributed by atoms with Crippen molar-refractivity contribution in [2.24, 2.45) is 0 Å². The van der Waals surface area contributed by atoms with Gasteiger partial charge in [-0.15, -0.1) is 0 Å². The number of halogens is 2. The van der Waals surface area contributed by atoms with Gasteiger partial charge in [0.2, 0.25) is 0 Å². The highest BCUT2D eigenvalue weighted by atomic mass is 35.5. The number of carbonyl (C=O) groups excluding carboxylic acids is 2. The fourth-order valence-corrected chi connectivity index (χ4v) is 4.50. The zero-order valence-corrected chi connectivity index (χ0v) is 19.8. The molecule has 1 unspecified atom stereocenters. The summed E-state index contributed by atoms with van der Waals surface area (Å²) in [6.07, 6.45) is 2.18. The number of rotatable bonds is 6. The average Bonchev–Trinajstić information content (AvgIpc) is 3.34. The van der Waals surface area contributed by atoms with Crippen LogP contribution in [0.1, 0.15) is 52.1 Å². The summed E-state index contributed by atoms with van der Waals surface area (Å²) >= 11 is 12.1. The summed E-state index contributed by atoms with van der Waals surface area (Å²) in [4.78, 5) is 28.3. The second kappa shape index (κ2) is 10.3. The molecule has 2 amide bonds. The summed E-state index contributed by atoms with van der Waals surface area (Å²) in [5.41, 5.74) is 3.25. The minimum Gasteiger partial charge on any atom is -0.371 e. The molecule has 2 N–H and O–H groups in total. The number of nitrogens with zero attached hydrogens (tertiary/aromatic N) is 1. The van der Waals surface area contributed by atoms with Crippen LogP contribution >= 0.6 is 23.2 Å². The Morgan fingerprint density at radius 1 is 0.879 bits per heavy atom. The van der Waals surface area contributed by atoms with Crippen LogP contribution in [0.25, 0.3) is 0 Å². The van der Waals surface area contributed by atoms with E-state index in [2.05, 4.69) is 15.5 Å². The van der Waals surface area contributed by atoms with Crippen LogP contribution in [0.3, 0.4) is 0 Å². The van der Waals surface area contributed by atoms with E-state index in [1.165, 1.54) is 6.07 Å². The van der Waals surface area contributed by atoms with Gasteiger partial charge in [-0.3, -0.25) is 9.59 Å². The molecule has 0 spiro atoms. The lowest BCUT2D eigenvalue weighted by atomic mass is 10.1. The number of hydrogen-bond donors (Lipinski definition) is 2. The molecule has 7 heteroatoms. The fraction of sp³-hybridized carbons (Fsp3) is 0.231. The maximum atomic E-state index is 13.3. The summed E-state index contributed by atoms with van der Waals surface area (Å²) in [6.45, 7) is 3.76. The van der Waals surface area contributed by atoms with E-state index in [-0.39, 0.29) is 22.9 Å². The number of hydrogen-bond acceptors (Lipinski definition) is 3. The third kappa shape index (κ3) is 5.49. The lowest BCUT2D eigenvalue weighted by Gasteiger charge is -2.23. The maximum Gasteiger partial charge on any atom is 0.257 e. The molecular formula is C26H25Cl2N3O2. The second-order valence-electron chi connectivity index (χ2n) is 8.11. The fourth-order valence-electron chi connectivity index (χ4n) is 4.00. The van der Waals surface area contributed by atoms with Crippen LogP contribution < -0.4 is 15.5 Å². The van der Waals surface area contributed by atoms with Crippen LogP contribution in [0.4, 0.5) is 11.4 Å². The maximum absolute atomic E-state index is 13.3. The van der Waals surface area contributed by atoms with E-state index in [1.807, 2.05) is 49.4 Å². The van der Waals surface area contributed by atoms with Crippen LogP contribution in [0.2, 0.25) is 10.0 Å². The Labute approximate surface area is 203 Å². The van der Waals surface area contributed by atoms with Gasteiger partial charge in [-0.25, -0.2) is 0 Å². The van der Waals surface area contributed by atoms with Crippen LogP contribution in [0, 0.1) is 0 Å². The number of nitrogens with one attached hydrogen (secondary N) is 2. The molecule has 0 radical (unpaired) electrons. The number of benzene rings is 3. The molecule has 33 heavy (non-hydrogen) atoms. The SMILES string of the molecule is CC(NC(=O)c1cc(NC(=O)c2ccc(Cl)cc2Cl)ccc1N1CCCC1)c1ccccc1. The summed E-state index contributed by atoms with van der Waals surface area (Å²) in [7, 11) is 0. The lowest BCUT2D eigenvalue weighted by Crippen LogP contribution is -2.29. The molecule has 1 heterocycles. The highest BCUT2D eigenvalue weighted by Gasteiger charge is 2.22. The second-order valence-corrected chi connectivity index (χ2v) is 8.95. The summed E-state index contributed by atoms with van der Waals surface area (Å²) < 4.78 is 0. The van der Waals surface area contributed by atoms with Gasteiger partial charge in [0.25, 0.3) is 11.8 Å². The molecule has 0 saturated carbocycles.